The number of halogens is 3. The number of hydrogen-bond donors (Lipinski definition) is 0. The predicted octanol–water partition coefficient (Wildman–Crippen LogP) is 3.84. The van der Waals surface area contributed by atoms with E-state index < -0.39 is 12.8 Å². The van der Waals surface area contributed by atoms with E-state index in [1.165, 1.54) is 0 Å². The lowest BCUT2D eigenvalue weighted by Crippen LogP contribution is -2.16. The third kappa shape index (κ3) is 3.96. The van der Waals surface area contributed by atoms with Gasteiger partial charge in [-0.1, -0.05) is 24.3 Å². The Morgan fingerprint density at radius 1 is 1.10 bits per heavy atom. The highest BCUT2D eigenvalue weighted by molar-refractivity contribution is 5.72. The number of hydrogen-bond acceptors (Lipinski definition) is 3. The molecule has 0 aliphatic heterocycles. The summed E-state index contributed by atoms with van der Waals surface area (Å²) < 4.78 is 45.5. The molecule has 1 aromatic carbocycles. The minimum atomic E-state index is -4.32. The topological polar surface area (TPSA) is 39.4 Å². The van der Waals surface area contributed by atoms with Crippen LogP contribution in [0.2, 0.25) is 0 Å². The number of alkyl halides is 3. The molecule has 0 N–H and O–H groups in total. The Morgan fingerprint density at radius 2 is 1.80 bits per heavy atom. The van der Waals surface area contributed by atoms with Crippen molar-refractivity contribution in [2.24, 2.45) is 0 Å². The average molecular weight is 284 g/mol. The SMILES string of the molecule is O=Cc1ccc(-c2ccc(COCC(F)(F)F)cc2)o1. The van der Waals surface area contributed by atoms with E-state index in [4.69, 9.17) is 4.42 Å². The van der Waals surface area contributed by atoms with Gasteiger partial charge in [0.2, 0.25) is 0 Å². The zero-order valence-electron chi connectivity index (χ0n) is 10.3. The van der Waals surface area contributed by atoms with Crippen LogP contribution in [-0.2, 0) is 11.3 Å². The Hall–Kier alpha value is -2.08. The lowest BCUT2D eigenvalue weighted by molar-refractivity contribution is -0.176. The van der Waals surface area contributed by atoms with Crippen molar-refractivity contribution < 1.29 is 27.1 Å². The lowest BCUT2D eigenvalue weighted by Gasteiger charge is -2.07. The summed E-state index contributed by atoms with van der Waals surface area (Å²) in [5.74, 6) is 0.743. The maximum atomic E-state index is 11.9. The van der Waals surface area contributed by atoms with Crippen molar-refractivity contribution in [2.75, 3.05) is 6.61 Å². The molecule has 0 unspecified atom stereocenters. The van der Waals surface area contributed by atoms with E-state index in [2.05, 4.69) is 4.74 Å². The number of carbonyl (C=O) groups is 1. The van der Waals surface area contributed by atoms with E-state index in [9.17, 15) is 18.0 Å². The van der Waals surface area contributed by atoms with Crippen LogP contribution in [0.15, 0.2) is 40.8 Å². The van der Waals surface area contributed by atoms with Crippen LogP contribution in [0.3, 0.4) is 0 Å². The second-order valence-corrected chi connectivity index (χ2v) is 4.12. The van der Waals surface area contributed by atoms with Crippen molar-refractivity contribution in [3.63, 3.8) is 0 Å². The Bertz CT molecular complexity index is 570. The predicted molar refractivity (Wildman–Crippen MR) is 65.2 cm³/mol. The molecule has 1 heterocycles. The van der Waals surface area contributed by atoms with Gasteiger partial charge in [-0.3, -0.25) is 4.79 Å². The number of furan rings is 1. The standard InChI is InChI=1S/C14H11F3O3/c15-14(16,17)9-19-8-10-1-3-11(4-2-10)13-6-5-12(7-18)20-13/h1-7H,8-9H2. The van der Waals surface area contributed by atoms with Crippen molar-refractivity contribution in [1.82, 2.24) is 0 Å². The van der Waals surface area contributed by atoms with Crippen LogP contribution in [0.25, 0.3) is 11.3 Å². The second-order valence-electron chi connectivity index (χ2n) is 4.12. The summed E-state index contributed by atoms with van der Waals surface area (Å²) in [4.78, 5) is 10.5. The number of aldehydes is 1. The first-order chi connectivity index (χ1) is 9.48. The third-order valence-electron chi connectivity index (χ3n) is 2.52. The van der Waals surface area contributed by atoms with Gasteiger partial charge >= 0.3 is 6.18 Å². The van der Waals surface area contributed by atoms with Gasteiger partial charge in [0.25, 0.3) is 0 Å². The highest BCUT2D eigenvalue weighted by Gasteiger charge is 2.27. The van der Waals surface area contributed by atoms with Crippen LogP contribution < -0.4 is 0 Å². The molecule has 1 aromatic heterocycles. The van der Waals surface area contributed by atoms with Crippen LogP contribution >= 0.6 is 0 Å². The molecule has 2 aromatic rings. The summed E-state index contributed by atoms with van der Waals surface area (Å²) in [7, 11) is 0. The van der Waals surface area contributed by atoms with E-state index in [-0.39, 0.29) is 12.4 Å². The Kier molecular flexibility index (Phi) is 4.24. The highest BCUT2D eigenvalue weighted by atomic mass is 19.4. The summed E-state index contributed by atoms with van der Waals surface area (Å²) in [5.41, 5.74) is 1.36. The van der Waals surface area contributed by atoms with Crippen LogP contribution in [0.1, 0.15) is 16.1 Å². The van der Waals surface area contributed by atoms with Crippen LogP contribution in [0, 0.1) is 0 Å². The molecule has 0 spiro atoms. The van der Waals surface area contributed by atoms with Crippen LogP contribution in [-0.4, -0.2) is 19.1 Å². The van der Waals surface area contributed by atoms with E-state index in [0.717, 1.165) is 5.56 Å². The maximum absolute atomic E-state index is 11.9. The molecule has 0 radical (unpaired) electrons. The van der Waals surface area contributed by atoms with Gasteiger partial charge in [-0.15, -0.1) is 0 Å². The quantitative estimate of drug-likeness (QED) is 0.783. The van der Waals surface area contributed by atoms with Gasteiger partial charge < -0.3 is 9.15 Å². The molecular weight excluding hydrogens is 273 g/mol. The number of benzene rings is 1. The van der Waals surface area contributed by atoms with Crippen molar-refractivity contribution >= 4 is 6.29 Å². The summed E-state index contributed by atoms with van der Waals surface area (Å²) in [6, 6.07) is 9.88. The largest absolute Gasteiger partial charge is 0.453 e. The summed E-state index contributed by atoms with van der Waals surface area (Å²) in [6.45, 7) is -1.38. The molecule has 20 heavy (non-hydrogen) atoms. The monoisotopic (exact) mass is 284 g/mol. The molecule has 0 aliphatic rings. The molecule has 106 valence electrons. The Labute approximate surface area is 113 Å². The summed E-state index contributed by atoms with van der Waals surface area (Å²) in [5, 5.41) is 0. The van der Waals surface area contributed by atoms with Gasteiger partial charge in [-0.2, -0.15) is 13.2 Å². The fraction of sp³-hybridized carbons (Fsp3) is 0.214. The van der Waals surface area contributed by atoms with Gasteiger partial charge in [-0.05, 0) is 17.7 Å². The van der Waals surface area contributed by atoms with Crippen LogP contribution in [0.5, 0.6) is 0 Å². The lowest BCUT2D eigenvalue weighted by atomic mass is 10.1. The zero-order valence-corrected chi connectivity index (χ0v) is 10.3. The number of rotatable bonds is 5. The first kappa shape index (κ1) is 14.3. The molecule has 0 atom stereocenters. The third-order valence-corrected chi connectivity index (χ3v) is 2.52. The summed E-state index contributed by atoms with van der Waals surface area (Å²) >= 11 is 0. The molecule has 0 aliphatic carbocycles. The van der Waals surface area contributed by atoms with E-state index in [0.29, 0.717) is 17.6 Å². The number of ether oxygens (including phenoxy) is 1. The van der Waals surface area contributed by atoms with Gasteiger partial charge in [-0.25, -0.2) is 0 Å². The van der Waals surface area contributed by atoms with Gasteiger partial charge in [0, 0.05) is 5.56 Å². The molecule has 0 saturated carbocycles. The van der Waals surface area contributed by atoms with Crippen molar-refractivity contribution in [3.8, 4) is 11.3 Å². The molecular formula is C14H11F3O3. The molecule has 3 nitrogen and oxygen atoms in total. The van der Waals surface area contributed by atoms with Gasteiger partial charge in [0.15, 0.2) is 12.0 Å². The Morgan fingerprint density at radius 3 is 2.35 bits per heavy atom. The minimum Gasteiger partial charge on any atom is -0.453 e. The zero-order chi connectivity index (χ0) is 14.6. The molecule has 0 saturated heterocycles. The van der Waals surface area contributed by atoms with Gasteiger partial charge in [0.1, 0.15) is 12.4 Å². The average Bonchev–Trinajstić information content (AvgIpc) is 2.87. The Balaban J connectivity index is 1.97. The first-order valence-corrected chi connectivity index (χ1v) is 5.77. The minimum absolute atomic E-state index is 0.114. The van der Waals surface area contributed by atoms with Crippen LogP contribution in [0.4, 0.5) is 13.2 Å². The molecule has 2 rings (SSSR count). The molecule has 6 heteroatoms. The number of carbonyl (C=O) groups excluding carboxylic acids is 1. The summed E-state index contributed by atoms with van der Waals surface area (Å²) in [6.07, 6.45) is -3.72. The molecule has 0 bridgehead atoms. The molecule has 0 fully saturated rings. The fourth-order valence-corrected chi connectivity index (χ4v) is 1.62. The highest BCUT2D eigenvalue weighted by Crippen LogP contribution is 2.22. The van der Waals surface area contributed by atoms with Gasteiger partial charge in [0.05, 0.1) is 6.61 Å². The fourth-order valence-electron chi connectivity index (χ4n) is 1.62. The van der Waals surface area contributed by atoms with E-state index in [1.807, 2.05) is 0 Å². The normalized spacial score (nSPS) is 11.6. The van der Waals surface area contributed by atoms with Crippen molar-refractivity contribution in [2.45, 2.75) is 12.8 Å². The first-order valence-electron chi connectivity index (χ1n) is 5.77. The maximum Gasteiger partial charge on any atom is 0.411 e. The smallest absolute Gasteiger partial charge is 0.411 e. The second kappa shape index (κ2) is 5.92. The van der Waals surface area contributed by atoms with E-state index >= 15 is 0 Å². The molecule has 0 amide bonds. The van der Waals surface area contributed by atoms with Crippen molar-refractivity contribution in [3.05, 3.63) is 47.7 Å². The van der Waals surface area contributed by atoms with Crippen molar-refractivity contribution in [1.29, 1.82) is 0 Å². The van der Waals surface area contributed by atoms with E-state index in [1.54, 1.807) is 36.4 Å².